The number of nitrogens with zero attached hydrogens (tertiary/aromatic N) is 5. The predicted molar refractivity (Wildman–Crippen MR) is 103 cm³/mol. The van der Waals surface area contributed by atoms with E-state index in [1.165, 1.54) is 5.69 Å². The number of hydrogen-bond acceptors (Lipinski definition) is 6. The van der Waals surface area contributed by atoms with Gasteiger partial charge in [-0.2, -0.15) is 0 Å². The first-order chi connectivity index (χ1) is 12.7. The maximum absolute atomic E-state index is 11.9. The van der Waals surface area contributed by atoms with E-state index in [0.29, 0.717) is 12.6 Å². The van der Waals surface area contributed by atoms with Crippen LogP contribution in [-0.2, 0) is 4.79 Å². The van der Waals surface area contributed by atoms with Gasteiger partial charge in [0.25, 0.3) is 0 Å². The molecule has 4 rings (SSSR count). The van der Waals surface area contributed by atoms with Gasteiger partial charge in [-0.1, -0.05) is 18.2 Å². The second-order valence-electron chi connectivity index (χ2n) is 6.91. The first-order valence-electron chi connectivity index (χ1n) is 9.06. The lowest BCUT2D eigenvalue weighted by atomic mass is 10.2. The number of carbonyl (C=O) groups excluding carboxylic acids is 1. The first kappa shape index (κ1) is 16.6. The van der Waals surface area contributed by atoms with Crippen LogP contribution in [-0.4, -0.2) is 66.6 Å². The quantitative estimate of drug-likeness (QED) is 0.898. The lowest BCUT2D eigenvalue weighted by molar-refractivity contribution is -0.129. The van der Waals surface area contributed by atoms with Gasteiger partial charge in [-0.3, -0.25) is 4.79 Å². The zero-order chi connectivity index (χ0) is 17.9. The molecule has 7 nitrogen and oxygen atoms in total. The van der Waals surface area contributed by atoms with Crippen molar-refractivity contribution in [1.82, 2.24) is 14.9 Å². The Hall–Kier alpha value is -2.83. The minimum Gasteiger partial charge on any atom is -0.369 e. The van der Waals surface area contributed by atoms with E-state index < -0.39 is 0 Å². The van der Waals surface area contributed by atoms with Gasteiger partial charge in [-0.15, -0.1) is 0 Å². The molecule has 1 unspecified atom stereocenters. The predicted octanol–water partition coefficient (Wildman–Crippen LogP) is 1.45. The molecule has 0 bridgehead atoms. The summed E-state index contributed by atoms with van der Waals surface area (Å²) in [6.45, 7) is 3.88. The second kappa shape index (κ2) is 7.19. The number of benzene rings is 1. The molecule has 7 heteroatoms. The highest BCUT2D eigenvalue weighted by Crippen LogP contribution is 2.23. The fraction of sp³-hybridized carbons (Fsp3) is 0.421. The maximum atomic E-state index is 11.9. The number of para-hydroxylation sites is 1. The highest BCUT2D eigenvalue weighted by Gasteiger charge is 2.24. The van der Waals surface area contributed by atoms with Gasteiger partial charge in [0.15, 0.2) is 0 Å². The molecule has 1 amide bonds. The monoisotopic (exact) mass is 352 g/mol. The zero-order valence-corrected chi connectivity index (χ0v) is 15.0. The van der Waals surface area contributed by atoms with E-state index in [4.69, 9.17) is 0 Å². The minimum absolute atomic E-state index is 0.124. The Labute approximate surface area is 153 Å². The van der Waals surface area contributed by atoms with Gasteiger partial charge in [0.05, 0.1) is 6.54 Å². The Bertz CT molecular complexity index is 768. The summed E-state index contributed by atoms with van der Waals surface area (Å²) in [6, 6.07) is 12.8. The Morgan fingerprint density at radius 1 is 1.08 bits per heavy atom. The van der Waals surface area contributed by atoms with Crippen LogP contribution in [0.1, 0.15) is 6.42 Å². The molecule has 1 atom stereocenters. The molecule has 0 spiro atoms. The third-order valence-corrected chi connectivity index (χ3v) is 5.10. The van der Waals surface area contributed by atoms with Crippen LogP contribution >= 0.6 is 0 Å². The SMILES string of the molecule is CN1CCN(c2cc(NC3CCN(c4ccccc4)C3)ncn2)CC1=O. The molecule has 1 aromatic carbocycles. The van der Waals surface area contributed by atoms with Crippen molar-refractivity contribution in [3.05, 3.63) is 42.7 Å². The van der Waals surface area contributed by atoms with Gasteiger partial charge < -0.3 is 20.0 Å². The van der Waals surface area contributed by atoms with E-state index >= 15 is 0 Å². The number of likely N-dealkylation sites (N-methyl/N-ethyl adjacent to an activating group) is 1. The van der Waals surface area contributed by atoms with Crippen LogP contribution < -0.4 is 15.1 Å². The smallest absolute Gasteiger partial charge is 0.241 e. The van der Waals surface area contributed by atoms with Crippen molar-refractivity contribution in [1.29, 1.82) is 0 Å². The second-order valence-corrected chi connectivity index (χ2v) is 6.91. The lowest BCUT2D eigenvalue weighted by Crippen LogP contribution is -2.48. The summed E-state index contributed by atoms with van der Waals surface area (Å²) in [7, 11) is 1.84. The summed E-state index contributed by atoms with van der Waals surface area (Å²) in [5.74, 6) is 1.75. The maximum Gasteiger partial charge on any atom is 0.241 e. The summed E-state index contributed by atoms with van der Waals surface area (Å²) in [4.78, 5) is 26.8. The van der Waals surface area contributed by atoms with Gasteiger partial charge in [0, 0.05) is 51.0 Å². The molecular formula is C19H24N6O. The van der Waals surface area contributed by atoms with Crippen LogP contribution in [0.15, 0.2) is 42.7 Å². The number of amides is 1. The summed E-state index contributed by atoms with van der Waals surface area (Å²) in [6.07, 6.45) is 2.64. The summed E-state index contributed by atoms with van der Waals surface area (Å²) < 4.78 is 0. The molecule has 1 aromatic heterocycles. The van der Waals surface area contributed by atoms with Gasteiger partial charge in [-0.25, -0.2) is 9.97 Å². The van der Waals surface area contributed by atoms with E-state index in [1.807, 2.05) is 24.1 Å². The third-order valence-electron chi connectivity index (χ3n) is 5.10. The van der Waals surface area contributed by atoms with Crippen molar-refractivity contribution in [3.8, 4) is 0 Å². The molecule has 1 N–H and O–H groups in total. The largest absolute Gasteiger partial charge is 0.369 e. The number of piperazine rings is 1. The van der Waals surface area contributed by atoms with E-state index in [-0.39, 0.29) is 5.91 Å². The summed E-state index contributed by atoms with van der Waals surface area (Å²) >= 11 is 0. The average Bonchev–Trinajstić information content (AvgIpc) is 3.13. The Morgan fingerprint density at radius 3 is 2.73 bits per heavy atom. The third kappa shape index (κ3) is 3.56. The average molecular weight is 352 g/mol. The standard InChI is InChI=1S/C19H24N6O/c1-23-9-10-25(13-19(23)26)18-11-17(20-14-21-18)22-15-7-8-24(12-15)16-5-3-2-4-6-16/h2-6,11,14-15H,7-10,12-13H2,1H3,(H,20,21,22). The van der Waals surface area contributed by atoms with Crippen molar-refractivity contribution < 1.29 is 4.79 Å². The number of rotatable bonds is 4. The number of anilines is 3. The van der Waals surface area contributed by atoms with Crippen LogP contribution in [0.4, 0.5) is 17.3 Å². The number of carbonyl (C=O) groups is 1. The highest BCUT2D eigenvalue weighted by atomic mass is 16.2. The molecule has 2 aliphatic heterocycles. The molecule has 0 saturated carbocycles. The van der Waals surface area contributed by atoms with Crippen LogP contribution in [0.3, 0.4) is 0 Å². The van der Waals surface area contributed by atoms with Crippen molar-refractivity contribution >= 4 is 23.2 Å². The molecular weight excluding hydrogens is 328 g/mol. The van der Waals surface area contributed by atoms with Crippen molar-refractivity contribution in [3.63, 3.8) is 0 Å². The zero-order valence-electron chi connectivity index (χ0n) is 15.0. The van der Waals surface area contributed by atoms with Gasteiger partial charge in [0.2, 0.25) is 5.91 Å². The van der Waals surface area contributed by atoms with E-state index in [0.717, 1.165) is 44.2 Å². The molecule has 136 valence electrons. The molecule has 2 aliphatic rings. The van der Waals surface area contributed by atoms with Crippen molar-refractivity contribution in [2.45, 2.75) is 12.5 Å². The van der Waals surface area contributed by atoms with Crippen molar-refractivity contribution in [2.24, 2.45) is 0 Å². The molecule has 2 saturated heterocycles. The number of nitrogens with one attached hydrogen (secondary N) is 1. The Morgan fingerprint density at radius 2 is 1.92 bits per heavy atom. The van der Waals surface area contributed by atoms with Crippen LogP contribution in [0, 0.1) is 0 Å². The van der Waals surface area contributed by atoms with Crippen LogP contribution in [0.25, 0.3) is 0 Å². The highest BCUT2D eigenvalue weighted by molar-refractivity contribution is 5.82. The molecule has 2 aromatic rings. The molecule has 2 fully saturated rings. The van der Waals surface area contributed by atoms with Crippen LogP contribution in [0.2, 0.25) is 0 Å². The van der Waals surface area contributed by atoms with Gasteiger partial charge in [0.1, 0.15) is 18.0 Å². The molecule has 26 heavy (non-hydrogen) atoms. The molecule has 0 aliphatic carbocycles. The normalized spacial score (nSPS) is 20.6. The Kier molecular flexibility index (Phi) is 4.60. The molecule has 3 heterocycles. The first-order valence-corrected chi connectivity index (χ1v) is 9.06. The number of hydrogen-bond donors (Lipinski definition) is 1. The van der Waals surface area contributed by atoms with Crippen LogP contribution in [0.5, 0.6) is 0 Å². The van der Waals surface area contributed by atoms with E-state index in [9.17, 15) is 4.79 Å². The minimum atomic E-state index is 0.124. The van der Waals surface area contributed by atoms with Crippen molar-refractivity contribution in [2.75, 3.05) is 54.9 Å². The molecule has 0 radical (unpaired) electrons. The topological polar surface area (TPSA) is 64.6 Å². The lowest BCUT2D eigenvalue weighted by Gasteiger charge is -2.32. The van der Waals surface area contributed by atoms with E-state index in [2.05, 4.69) is 44.5 Å². The fourth-order valence-corrected chi connectivity index (χ4v) is 3.51. The fourth-order valence-electron chi connectivity index (χ4n) is 3.51. The summed E-state index contributed by atoms with van der Waals surface area (Å²) in [5, 5.41) is 3.53. The Balaban J connectivity index is 1.39. The van der Waals surface area contributed by atoms with Gasteiger partial charge >= 0.3 is 0 Å². The summed E-state index contributed by atoms with van der Waals surface area (Å²) in [5.41, 5.74) is 1.26. The number of aromatic nitrogens is 2. The van der Waals surface area contributed by atoms with Gasteiger partial charge in [-0.05, 0) is 18.6 Å². The van der Waals surface area contributed by atoms with E-state index in [1.54, 1.807) is 11.2 Å².